The second-order valence-electron chi connectivity index (χ2n) is 2.87. The molecule has 0 heterocycles. The molecule has 0 saturated carbocycles. The fraction of sp³-hybridized carbons (Fsp3) is 0.300. The average molecular weight is 195 g/mol. The van der Waals surface area contributed by atoms with Crippen LogP contribution >= 0.6 is 0 Å². The maximum atomic E-state index is 11.4. The van der Waals surface area contributed by atoms with Crippen LogP contribution in [0.15, 0.2) is 30.3 Å². The number of rotatable bonds is 4. The van der Waals surface area contributed by atoms with Gasteiger partial charge in [-0.2, -0.15) is 0 Å². The number of carbonyl (C=O) groups excluding carboxylic acids is 1. The van der Waals surface area contributed by atoms with Crippen LogP contribution in [0.2, 0.25) is 0 Å². The lowest BCUT2D eigenvalue weighted by atomic mass is 10.2. The summed E-state index contributed by atoms with van der Waals surface area (Å²) >= 11 is 0. The standard InChI is InChI=1S/C10H13NO3/c12-7-6-9(13)11-10(14)8-4-2-1-3-5-8/h1-5,9,12-13H,6-7H2,(H,11,14). The van der Waals surface area contributed by atoms with Crippen LogP contribution in [0.5, 0.6) is 0 Å². The van der Waals surface area contributed by atoms with Gasteiger partial charge in [-0.15, -0.1) is 0 Å². The zero-order valence-electron chi connectivity index (χ0n) is 7.68. The van der Waals surface area contributed by atoms with Gasteiger partial charge in [0.15, 0.2) is 0 Å². The molecule has 1 aromatic rings. The van der Waals surface area contributed by atoms with Crippen molar-refractivity contribution >= 4 is 5.91 Å². The first-order chi connectivity index (χ1) is 6.74. The van der Waals surface area contributed by atoms with Crippen LogP contribution in [0.25, 0.3) is 0 Å². The minimum Gasteiger partial charge on any atom is -0.396 e. The van der Waals surface area contributed by atoms with Crippen molar-refractivity contribution in [2.45, 2.75) is 12.6 Å². The van der Waals surface area contributed by atoms with Gasteiger partial charge in [0, 0.05) is 18.6 Å². The molecule has 0 aliphatic rings. The van der Waals surface area contributed by atoms with Gasteiger partial charge in [0.2, 0.25) is 0 Å². The van der Waals surface area contributed by atoms with Crippen LogP contribution in [0.1, 0.15) is 16.8 Å². The van der Waals surface area contributed by atoms with Crippen LogP contribution in [-0.2, 0) is 0 Å². The predicted octanol–water partition coefficient (Wildman–Crippen LogP) is 0.117. The molecule has 1 rings (SSSR count). The summed E-state index contributed by atoms with van der Waals surface area (Å²) in [6.07, 6.45) is -0.855. The summed E-state index contributed by atoms with van der Waals surface area (Å²) in [5.74, 6) is -0.341. The maximum absolute atomic E-state index is 11.4. The Morgan fingerprint density at radius 2 is 2.00 bits per heavy atom. The van der Waals surface area contributed by atoms with Gasteiger partial charge in [-0.25, -0.2) is 0 Å². The van der Waals surface area contributed by atoms with Crippen LogP contribution < -0.4 is 5.32 Å². The van der Waals surface area contributed by atoms with E-state index in [1.807, 2.05) is 0 Å². The number of nitrogens with one attached hydrogen (secondary N) is 1. The first kappa shape index (κ1) is 10.7. The van der Waals surface area contributed by atoms with Gasteiger partial charge in [-0.3, -0.25) is 4.79 Å². The molecule has 1 unspecified atom stereocenters. The lowest BCUT2D eigenvalue weighted by Gasteiger charge is -2.10. The number of hydrogen-bond donors (Lipinski definition) is 3. The fourth-order valence-electron chi connectivity index (χ4n) is 1.02. The Balaban J connectivity index is 2.51. The molecule has 1 aromatic carbocycles. The molecule has 4 nitrogen and oxygen atoms in total. The van der Waals surface area contributed by atoms with Crippen molar-refractivity contribution in [2.75, 3.05) is 6.61 Å². The average Bonchev–Trinajstić information content (AvgIpc) is 2.19. The molecule has 14 heavy (non-hydrogen) atoms. The minimum absolute atomic E-state index is 0.137. The molecule has 76 valence electrons. The quantitative estimate of drug-likeness (QED) is 0.597. The van der Waals surface area contributed by atoms with E-state index in [1.165, 1.54) is 0 Å². The molecule has 0 spiro atoms. The number of carbonyl (C=O) groups is 1. The van der Waals surface area contributed by atoms with E-state index in [-0.39, 0.29) is 18.9 Å². The van der Waals surface area contributed by atoms with Crippen LogP contribution in [0, 0.1) is 0 Å². The normalized spacial score (nSPS) is 12.1. The molecule has 0 saturated heterocycles. The van der Waals surface area contributed by atoms with E-state index in [4.69, 9.17) is 5.11 Å². The zero-order valence-corrected chi connectivity index (χ0v) is 7.68. The maximum Gasteiger partial charge on any atom is 0.253 e. The van der Waals surface area contributed by atoms with Crippen molar-refractivity contribution in [1.29, 1.82) is 0 Å². The van der Waals surface area contributed by atoms with Crippen LogP contribution in [-0.4, -0.2) is 29.0 Å². The lowest BCUT2D eigenvalue weighted by molar-refractivity contribution is 0.0709. The van der Waals surface area contributed by atoms with E-state index in [1.54, 1.807) is 30.3 Å². The largest absolute Gasteiger partial charge is 0.396 e. The first-order valence-electron chi connectivity index (χ1n) is 4.39. The van der Waals surface area contributed by atoms with Gasteiger partial charge >= 0.3 is 0 Å². The summed E-state index contributed by atoms with van der Waals surface area (Å²) < 4.78 is 0. The Morgan fingerprint density at radius 3 is 2.57 bits per heavy atom. The molecular formula is C10H13NO3. The molecule has 1 amide bonds. The van der Waals surface area contributed by atoms with Crippen molar-refractivity contribution in [2.24, 2.45) is 0 Å². The molecule has 4 heteroatoms. The minimum atomic E-state index is -0.993. The topological polar surface area (TPSA) is 69.6 Å². The molecule has 0 aromatic heterocycles. The predicted molar refractivity (Wildman–Crippen MR) is 51.6 cm³/mol. The number of hydrogen-bond acceptors (Lipinski definition) is 3. The summed E-state index contributed by atoms with van der Waals surface area (Å²) in [5.41, 5.74) is 0.490. The second-order valence-corrected chi connectivity index (χ2v) is 2.87. The highest BCUT2D eigenvalue weighted by molar-refractivity contribution is 5.94. The Labute approximate surface area is 82.2 Å². The summed E-state index contributed by atoms with van der Waals surface area (Å²) in [7, 11) is 0. The molecule has 3 N–H and O–H groups in total. The number of aliphatic hydroxyl groups is 2. The highest BCUT2D eigenvalue weighted by Gasteiger charge is 2.09. The Morgan fingerprint density at radius 1 is 1.36 bits per heavy atom. The van der Waals surface area contributed by atoms with Crippen molar-refractivity contribution in [3.63, 3.8) is 0 Å². The van der Waals surface area contributed by atoms with E-state index < -0.39 is 6.23 Å². The van der Waals surface area contributed by atoms with Crippen LogP contribution in [0.3, 0.4) is 0 Å². The number of benzene rings is 1. The van der Waals surface area contributed by atoms with E-state index in [2.05, 4.69) is 5.32 Å². The first-order valence-corrected chi connectivity index (χ1v) is 4.39. The van der Waals surface area contributed by atoms with E-state index in [0.717, 1.165) is 0 Å². The third-order valence-electron chi connectivity index (χ3n) is 1.74. The molecule has 0 bridgehead atoms. The Kier molecular flexibility index (Phi) is 4.10. The summed E-state index contributed by atoms with van der Waals surface area (Å²) in [4.78, 5) is 11.4. The molecular weight excluding hydrogens is 182 g/mol. The van der Waals surface area contributed by atoms with E-state index in [9.17, 15) is 9.90 Å². The number of aliphatic hydroxyl groups excluding tert-OH is 2. The third-order valence-corrected chi connectivity index (χ3v) is 1.74. The molecule has 0 radical (unpaired) electrons. The summed E-state index contributed by atoms with van der Waals surface area (Å²) in [5, 5.41) is 20.1. The van der Waals surface area contributed by atoms with Gasteiger partial charge in [0.25, 0.3) is 5.91 Å². The SMILES string of the molecule is O=C(NC(O)CCO)c1ccccc1. The van der Waals surface area contributed by atoms with Crippen LogP contribution in [0.4, 0.5) is 0 Å². The molecule has 0 aliphatic carbocycles. The monoisotopic (exact) mass is 195 g/mol. The second kappa shape index (κ2) is 5.36. The summed E-state index contributed by atoms with van der Waals surface area (Å²) in [6.45, 7) is -0.157. The molecule has 0 fully saturated rings. The Hall–Kier alpha value is -1.39. The van der Waals surface area contributed by atoms with Crippen molar-refractivity contribution in [1.82, 2.24) is 5.32 Å². The van der Waals surface area contributed by atoms with Crippen molar-refractivity contribution in [3.8, 4) is 0 Å². The Bertz CT molecular complexity index is 287. The smallest absolute Gasteiger partial charge is 0.253 e. The molecule has 1 atom stereocenters. The van der Waals surface area contributed by atoms with Gasteiger partial charge in [-0.1, -0.05) is 18.2 Å². The van der Waals surface area contributed by atoms with Crippen molar-refractivity contribution < 1.29 is 15.0 Å². The summed E-state index contributed by atoms with van der Waals surface area (Å²) in [6, 6.07) is 8.60. The molecule has 0 aliphatic heterocycles. The van der Waals surface area contributed by atoms with Gasteiger partial charge in [0.05, 0.1) is 0 Å². The number of amides is 1. The highest BCUT2D eigenvalue weighted by atomic mass is 16.3. The van der Waals surface area contributed by atoms with Crippen molar-refractivity contribution in [3.05, 3.63) is 35.9 Å². The van der Waals surface area contributed by atoms with Gasteiger partial charge in [0.1, 0.15) is 6.23 Å². The van der Waals surface area contributed by atoms with E-state index >= 15 is 0 Å². The highest BCUT2D eigenvalue weighted by Crippen LogP contribution is 1.98. The lowest BCUT2D eigenvalue weighted by Crippen LogP contribution is -2.35. The fourth-order valence-corrected chi connectivity index (χ4v) is 1.02. The van der Waals surface area contributed by atoms with Gasteiger partial charge < -0.3 is 15.5 Å². The zero-order chi connectivity index (χ0) is 10.4. The van der Waals surface area contributed by atoms with E-state index in [0.29, 0.717) is 5.56 Å². The van der Waals surface area contributed by atoms with Gasteiger partial charge in [-0.05, 0) is 12.1 Å². The third kappa shape index (κ3) is 3.16.